The lowest BCUT2D eigenvalue weighted by atomic mass is 10.2. The molecule has 2 atom stereocenters. The molecule has 2 heterocycles. The van der Waals surface area contributed by atoms with Gasteiger partial charge in [-0.05, 0) is 51.9 Å². The Hall–Kier alpha value is -0.650. The second-order valence-electron chi connectivity index (χ2n) is 5.91. The molecule has 0 bridgehead atoms. The minimum atomic E-state index is -0.157. The van der Waals surface area contributed by atoms with Crippen molar-refractivity contribution in [2.45, 2.75) is 44.7 Å². The molecule has 2 rings (SSSR count). The first-order valence-electron chi connectivity index (χ1n) is 8.02. The highest BCUT2D eigenvalue weighted by atomic mass is 16.5. The number of ether oxygens (including phenoxy) is 1. The lowest BCUT2D eigenvalue weighted by molar-refractivity contribution is -0.143. The van der Waals surface area contributed by atoms with E-state index in [1.54, 1.807) is 0 Å². The van der Waals surface area contributed by atoms with Gasteiger partial charge in [0.15, 0.2) is 0 Å². The maximum Gasteiger partial charge on any atom is 0.322 e. The van der Waals surface area contributed by atoms with Gasteiger partial charge in [0.05, 0.1) is 7.11 Å². The number of nitrogens with zero attached hydrogens (tertiary/aromatic N) is 2. The second-order valence-corrected chi connectivity index (χ2v) is 5.91. The van der Waals surface area contributed by atoms with Gasteiger partial charge in [-0.3, -0.25) is 9.69 Å². The summed E-state index contributed by atoms with van der Waals surface area (Å²) in [5.74, 6) is -0.137. The summed E-state index contributed by atoms with van der Waals surface area (Å²) >= 11 is 0. The summed E-state index contributed by atoms with van der Waals surface area (Å²) in [7, 11) is 1.46. The number of likely N-dealkylation sites (tertiary alicyclic amines) is 2. The van der Waals surface area contributed by atoms with E-state index in [9.17, 15) is 4.79 Å². The van der Waals surface area contributed by atoms with Crippen molar-refractivity contribution in [3.8, 4) is 0 Å². The van der Waals surface area contributed by atoms with Gasteiger partial charge in [-0.25, -0.2) is 0 Å². The van der Waals surface area contributed by atoms with Crippen molar-refractivity contribution in [3.63, 3.8) is 0 Å². The fraction of sp³-hybridized carbons (Fsp3) is 0.933. The molecule has 0 aliphatic carbocycles. The Morgan fingerprint density at radius 1 is 1.35 bits per heavy atom. The average molecular weight is 283 g/mol. The molecule has 2 unspecified atom stereocenters. The highest BCUT2D eigenvalue weighted by Crippen LogP contribution is 2.20. The molecular weight excluding hydrogens is 254 g/mol. The van der Waals surface area contributed by atoms with Gasteiger partial charge in [0.1, 0.15) is 6.04 Å². The van der Waals surface area contributed by atoms with Crippen LogP contribution in [0.2, 0.25) is 0 Å². The fourth-order valence-corrected chi connectivity index (χ4v) is 3.42. The molecule has 1 N–H and O–H groups in total. The topological polar surface area (TPSA) is 44.8 Å². The average Bonchev–Trinajstić information content (AvgIpc) is 3.12. The Labute approximate surface area is 122 Å². The molecule has 2 aliphatic heterocycles. The first-order valence-corrected chi connectivity index (χ1v) is 8.02. The summed E-state index contributed by atoms with van der Waals surface area (Å²) in [6.07, 6.45) is 4.85. The predicted molar refractivity (Wildman–Crippen MR) is 79.7 cm³/mol. The Bertz CT molecular complexity index is 305. The zero-order valence-electron chi connectivity index (χ0n) is 12.9. The van der Waals surface area contributed by atoms with Gasteiger partial charge in [-0.1, -0.05) is 6.92 Å². The van der Waals surface area contributed by atoms with Gasteiger partial charge in [0.2, 0.25) is 0 Å². The minimum Gasteiger partial charge on any atom is -0.468 e. The van der Waals surface area contributed by atoms with E-state index in [0.717, 1.165) is 25.6 Å². The molecule has 0 spiro atoms. The highest BCUT2D eigenvalue weighted by Gasteiger charge is 2.29. The lowest BCUT2D eigenvalue weighted by Gasteiger charge is -2.24. The SMILES string of the molecule is CCNC(CCN1CCC(N2CCCC2)C1)C(=O)OC. The van der Waals surface area contributed by atoms with E-state index in [2.05, 4.69) is 15.1 Å². The second kappa shape index (κ2) is 7.96. The number of hydrogen-bond donors (Lipinski definition) is 1. The largest absolute Gasteiger partial charge is 0.468 e. The van der Waals surface area contributed by atoms with Crippen molar-refractivity contribution < 1.29 is 9.53 Å². The molecular formula is C15H29N3O2. The molecule has 5 heteroatoms. The number of esters is 1. The van der Waals surface area contributed by atoms with Crippen LogP contribution in [0.4, 0.5) is 0 Å². The molecule has 0 amide bonds. The first-order chi connectivity index (χ1) is 9.74. The summed E-state index contributed by atoms with van der Waals surface area (Å²) in [5.41, 5.74) is 0. The van der Waals surface area contributed by atoms with Crippen LogP contribution in [-0.2, 0) is 9.53 Å². The molecule has 20 heavy (non-hydrogen) atoms. The summed E-state index contributed by atoms with van der Waals surface area (Å²) in [4.78, 5) is 16.8. The molecule has 2 fully saturated rings. The number of nitrogens with one attached hydrogen (secondary N) is 1. The number of hydrogen-bond acceptors (Lipinski definition) is 5. The maximum absolute atomic E-state index is 11.7. The zero-order chi connectivity index (χ0) is 14.4. The quantitative estimate of drug-likeness (QED) is 0.697. The van der Waals surface area contributed by atoms with Crippen molar-refractivity contribution in [2.24, 2.45) is 0 Å². The number of rotatable bonds is 7. The van der Waals surface area contributed by atoms with Crippen LogP contribution in [0.3, 0.4) is 0 Å². The van der Waals surface area contributed by atoms with E-state index in [0.29, 0.717) is 0 Å². The van der Waals surface area contributed by atoms with Gasteiger partial charge in [-0.2, -0.15) is 0 Å². The van der Waals surface area contributed by atoms with E-state index >= 15 is 0 Å². The van der Waals surface area contributed by atoms with Gasteiger partial charge in [0.25, 0.3) is 0 Å². The van der Waals surface area contributed by atoms with Crippen LogP contribution in [0.15, 0.2) is 0 Å². The monoisotopic (exact) mass is 283 g/mol. The number of carbonyl (C=O) groups is 1. The normalized spacial score (nSPS) is 26.0. The van der Waals surface area contributed by atoms with E-state index in [1.165, 1.54) is 52.6 Å². The van der Waals surface area contributed by atoms with Crippen LogP contribution in [0.25, 0.3) is 0 Å². The van der Waals surface area contributed by atoms with E-state index in [1.807, 2.05) is 6.92 Å². The van der Waals surface area contributed by atoms with Gasteiger partial charge < -0.3 is 15.0 Å². The van der Waals surface area contributed by atoms with Crippen LogP contribution < -0.4 is 5.32 Å². The van der Waals surface area contributed by atoms with Crippen molar-refractivity contribution in [3.05, 3.63) is 0 Å². The van der Waals surface area contributed by atoms with Crippen molar-refractivity contribution in [2.75, 3.05) is 46.4 Å². The van der Waals surface area contributed by atoms with Crippen LogP contribution in [-0.4, -0.2) is 74.2 Å². The van der Waals surface area contributed by atoms with Crippen LogP contribution in [0, 0.1) is 0 Å². The van der Waals surface area contributed by atoms with Gasteiger partial charge in [-0.15, -0.1) is 0 Å². The summed E-state index contributed by atoms with van der Waals surface area (Å²) < 4.78 is 4.85. The van der Waals surface area contributed by atoms with Gasteiger partial charge >= 0.3 is 5.97 Å². The van der Waals surface area contributed by atoms with Gasteiger partial charge in [0, 0.05) is 19.1 Å². The fourth-order valence-electron chi connectivity index (χ4n) is 3.42. The van der Waals surface area contributed by atoms with E-state index < -0.39 is 0 Å². The molecule has 0 aromatic carbocycles. The molecule has 0 saturated carbocycles. The number of carbonyl (C=O) groups excluding carboxylic acids is 1. The third-order valence-electron chi connectivity index (χ3n) is 4.57. The maximum atomic E-state index is 11.7. The Balaban J connectivity index is 1.72. The third-order valence-corrected chi connectivity index (χ3v) is 4.57. The Kier molecular flexibility index (Phi) is 6.26. The Morgan fingerprint density at radius 2 is 2.10 bits per heavy atom. The van der Waals surface area contributed by atoms with Crippen molar-refractivity contribution >= 4 is 5.97 Å². The molecule has 0 aromatic rings. The molecule has 2 aliphatic rings. The van der Waals surface area contributed by atoms with Crippen molar-refractivity contribution in [1.82, 2.24) is 15.1 Å². The molecule has 0 radical (unpaired) electrons. The standard InChI is InChI=1S/C15H29N3O2/c1-3-16-14(15(19)20-2)7-11-17-10-6-13(12-17)18-8-4-5-9-18/h13-14,16H,3-12H2,1-2H3. The van der Waals surface area contributed by atoms with Crippen molar-refractivity contribution in [1.29, 1.82) is 0 Å². The highest BCUT2D eigenvalue weighted by molar-refractivity contribution is 5.75. The third kappa shape index (κ3) is 4.17. The van der Waals surface area contributed by atoms with E-state index in [4.69, 9.17) is 4.74 Å². The number of methoxy groups -OCH3 is 1. The minimum absolute atomic E-state index is 0.137. The summed E-state index contributed by atoms with van der Waals surface area (Å²) in [6, 6.07) is 0.587. The van der Waals surface area contributed by atoms with Crippen LogP contribution in [0.1, 0.15) is 32.6 Å². The first kappa shape index (κ1) is 15.7. The molecule has 116 valence electrons. The predicted octanol–water partition coefficient (Wildman–Crippen LogP) is 0.698. The summed E-state index contributed by atoms with van der Waals surface area (Å²) in [5, 5.41) is 3.21. The molecule has 5 nitrogen and oxygen atoms in total. The number of likely N-dealkylation sites (N-methyl/N-ethyl adjacent to an activating group) is 1. The molecule has 2 saturated heterocycles. The van der Waals surface area contributed by atoms with Crippen LogP contribution in [0.5, 0.6) is 0 Å². The smallest absolute Gasteiger partial charge is 0.322 e. The Morgan fingerprint density at radius 3 is 2.75 bits per heavy atom. The van der Waals surface area contributed by atoms with Crippen LogP contribution >= 0.6 is 0 Å². The zero-order valence-corrected chi connectivity index (χ0v) is 12.9. The molecule has 0 aromatic heterocycles. The van der Waals surface area contributed by atoms with E-state index in [-0.39, 0.29) is 12.0 Å². The summed E-state index contributed by atoms with van der Waals surface area (Å²) in [6.45, 7) is 8.70. The lowest BCUT2D eigenvalue weighted by Crippen LogP contribution is -2.41.